The number of nitrogens with one attached hydrogen (secondary N) is 2. The molecule has 0 aliphatic carbocycles. The highest BCUT2D eigenvalue weighted by Gasteiger charge is 2.11. The third-order valence-electron chi connectivity index (χ3n) is 2.75. The third-order valence-corrected chi connectivity index (χ3v) is 2.75. The minimum atomic E-state index is -0.605. The monoisotopic (exact) mass is 259 g/mol. The van der Waals surface area contributed by atoms with Crippen LogP contribution in [0.5, 0.6) is 0 Å². The zero-order valence-electron chi connectivity index (χ0n) is 10.8. The maximum Gasteiger partial charge on any atom is 0.271 e. The first-order valence-electron chi connectivity index (χ1n) is 6.17. The molecule has 0 saturated heterocycles. The highest BCUT2D eigenvalue weighted by molar-refractivity contribution is 5.92. The van der Waals surface area contributed by atoms with Gasteiger partial charge in [0.25, 0.3) is 5.91 Å². The van der Waals surface area contributed by atoms with Crippen molar-refractivity contribution in [1.29, 1.82) is 0 Å². The van der Waals surface area contributed by atoms with Gasteiger partial charge in [0.1, 0.15) is 5.69 Å². The van der Waals surface area contributed by atoms with Crippen molar-refractivity contribution >= 4 is 5.91 Å². The van der Waals surface area contributed by atoms with Crippen molar-refractivity contribution in [3.05, 3.63) is 53.3 Å². The Morgan fingerprint density at radius 3 is 2.79 bits per heavy atom. The third kappa shape index (κ3) is 3.93. The molecule has 0 fully saturated rings. The van der Waals surface area contributed by atoms with Gasteiger partial charge in [0.05, 0.1) is 6.10 Å². The molecule has 0 spiro atoms. The van der Waals surface area contributed by atoms with Crippen molar-refractivity contribution < 1.29 is 9.90 Å². The van der Waals surface area contributed by atoms with Crippen molar-refractivity contribution in [3.8, 4) is 0 Å². The summed E-state index contributed by atoms with van der Waals surface area (Å²) in [6.45, 7) is 2.04. The first kappa shape index (κ1) is 13.3. The Morgan fingerprint density at radius 1 is 1.42 bits per heavy atom. The minimum absolute atomic E-state index is 0.208. The second kappa shape index (κ2) is 6.15. The molecule has 0 aliphatic rings. The van der Waals surface area contributed by atoms with E-state index in [1.165, 1.54) is 0 Å². The number of aliphatic hydroxyl groups excluding tert-OH is 1. The smallest absolute Gasteiger partial charge is 0.271 e. The zero-order chi connectivity index (χ0) is 13.7. The van der Waals surface area contributed by atoms with Crippen LogP contribution in [0, 0.1) is 6.92 Å². The van der Waals surface area contributed by atoms with Gasteiger partial charge in [-0.25, -0.2) is 0 Å². The van der Waals surface area contributed by atoms with E-state index in [-0.39, 0.29) is 12.5 Å². The molecule has 2 aromatic rings. The molecule has 100 valence electrons. The molecular weight excluding hydrogens is 242 g/mol. The number of amides is 1. The molecule has 2 rings (SSSR count). The molecule has 19 heavy (non-hydrogen) atoms. The Labute approximate surface area is 111 Å². The Morgan fingerprint density at radius 2 is 2.16 bits per heavy atom. The summed E-state index contributed by atoms with van der Waals surface area (Å²) in [5, 5.41) is 19.1. The summed E-state index contributed by atoms with van der Waals surface area (Å²) in [7, 11) is 0. The number of rotatable bonds is 5. The Bertz CT molecular complexity index is 537. The number of carbonyl (C=O) groups excluding carboxylic acids is 1. The second-order valence-corrected chi connectivity index (χ2v) is 4.49. The molecule has 5 nitrogen and oxygen atoms in total. The minimum Gasteiger partial charge on any atom is -0.391 e. The van der Waals surface area contributed by atoms with Gasteiger partial charge >= 0.3 is 0 Å². The highest BCUT2D eigenvalue weighted by atomic mass is 16.3. The largest absolute Gasteiger partial charge is 0.391 e. The van der Waals surface area contributed by atoms with Crippen molar-refractivity contribution in [2.45, 2.75) is 19.4 Å². The molecule has 3 N–H and O–H groups in total. The van der Waals surface area contributed by atoms with Gasteiger partial charge in [0.2, 0.25) is 0 Å². The van der Waals surface area contributed by atoms with Crippen molar-refractivity contribution in [2.75, 3.05) is 6.54 Å². The van der Waals surface area contributed by atoms with E-state index in [9.17, 15) is 9.90 Å². The molecule has 0 aliphatic heterocycles. The molecular formula is C14H17N3O2. The molecule has 1 amide bonds. The number of aliphatic hydroxyl groups is 1. The maximum absolute atomic E-state index is 11.7. The van der Waals surface area contributed by atoms with E-state index in [4.69, 9.17) is 0 Å². The van der Waals surface area contributed by atoms with Crippen LogP contribution in [0.4, 0.5) is 0 Å². The van der Waals surface area contributed by atoms with Crippen LogP contribution in [-0.2, 0) is 6.42 Å². The maximum atomic E-state index is 11.7. The van der Waals surface area contributed by atoms with Crippen LogP contribution in [0.25, 0.3) is 0 Å². The molecule has 1 atom stereocenters. The van der Waals surface area contributed by atoms with E-state index in [0.29, 0.717) is 12.1 Å². The summed E-state index contributed by atoms with van der Waals surface area (Å²) in [4.78, 5) is 11.7. The summed E-state index contributed by atoms with van der Waals surface area (Å²) < 4.78 is 0. The second-order valence-electron chi connectivity index (χ2n) is 4.49. The van der Waals surface area contributed by atoms with Crippen LogP contribution in [-0.4, -0.2) is 33.9 Å². The zero-order valence-corrected chi connectivity index (χ0v) is 10.8. The number of aromatic nitrogens is 2. The van der Waals surface area contributed by atoms with Gasteiger partial charge < -0.3 is 10.4 Å². The lowest BCUT2D eigenvalue weighted by atomic mass is 10.1. The highest BCUT2D eigenvalue weighted by Crippen LogP contribution is 2.03. The number of H-pyrrole nitrogens is 1. The number of benzene rings is 1. The first-order chi connectivity index (χ1) is 9.15. The van der Waals surface area contributed by atoms with Crippen molar-refractivity contribution in [2.24, 2.45) is 0 Å². The Balaban J connectivity index is 1.80. The topological polar surface area (TPSA) is 78.0 Å². The lowest BCUT2D eigenvalue weighted by Gasteiger charge is -2.11. The standard InChI is InChI=1S/C14H17N3O2/c1-10-7-13(17-16-10)14(19)15-9-12(18)8-11-5-3-2-4-6-11/h2-7,12,18H,8-9H2,1H3,(H,15,19)(H,16,17). The molecule has 1 heterocycles. The number of carbonyl (C=O) groups is 1. The predicted octanol–water partition coefficient (Wildman–Crippen LogP) is 1.05. The number of aromatic amines is 1. The SMILES string of the molecule is Cc1cc(C(=O)NCC(O)Cc2ccccc2)n[nH]1. The quantitative estimate of drug-likeness (QED) is 0.751. The predicted molar refractivity (Wildman–Crippen MR) is 71.8 cm³/mol. The lowest BCUT2D eigenvalue weighted by Crippen LogP contribution is -2.33. The molecule has 1 aromatic heterocycles. The van der Waals surface area contributed by atoms with Gasteiger partial charge in [-0.2, -0.15) is 5.10 Å². The van der Waals surface area contributed by atoms with Crippen LogP contribution in [0.15, 0.2) is 36.4 Å². The van der Waals surface area contributed by atoms with Gasteiger partial charge in [0.15, 0.2) is 0 Å². The number of aryl methyl sites for hydroxylation is 1. The van der Waals surface area contributed by atoms with Crippen LogP contribution in [0.3, 0.4) is 0 Å². The lowest BCUT2D eigenvalue weighted by molar-refractivity contribution is 0.0911. The average molecular weight is 259 g/mol. The van der Waals surface area contributed by atoms with Crippen molar-refractivity contribution in [1.82, 2.24) is 15.5 Å². The van der Waals surface area contributed by atoms with Gasteiger partial charge in [-0.1, -0.05) is 30.3 Å². The summed E-state index contributed by atoms with van der Waals surface area (Å²) in [5.74, 6) is -0.281. The molecule has 1 aromatic carbocycles. The molecule has 0 saturated carbocycles. The normalized spacial score (nSPS) is 12.1. The van der Waals surface area contributed by atoms with E-state index in [1.54, 1.807) is 6.07 Å². The van der Waals surface area contributed by atoms with Crippen molar-refractivity contribution in [3.63, 3.8) is 0 Å². The average Bonchev–Trinajstić information content (AvgIpc) is 2.84. The first-order valence-corrected chi connectivity index (χ1v) is 6.17. The molecule has 5 heteroatoms. The summed E-state index contributed by atoms with van der Waals surface area (Å²) >= 11 is 0. The molecule has 1 unspecified atom stereocenters. The van der Waals surface area contributed by atoms with Gasteiger partial charge in [0, 0.05) is 18.7 Å². The fourth-order valence-electron chi connectivity index (χ4n) is 1.79. The van der Waals surface area contributed by atoms with Gasteiger partial charge in [-0.05, 0) is 18.6 Å². The Hall–Kier alpha value is -2.14. The van der Waals surface area contributed by atoms with Crippen LogP contribution < -0.4 is 5.32 Å². The summed E-state index contributed by atoms with van der Waals surface area (Å²) in [5.41, 5.74) is 2.21. The number of hydrogen-bond donors (Lipinski definition) is 3. The summed E-state index contributed by atoms with van der Waals surface area (Å²) in [6.07, 6.45) is -0.0906. The van der Waals surface area contributed by atoms with E-state index >= 15 is 0 Å². The molecule has 0 bridgehead atoms. The van der Waals surface area contributed by atoms with Gasteiger partial charge in [-0.3, -0.25) is 9.89 Å². The summed E-state index contributed by atoms with van der Waals surface area (Å²) in [6, 6.07) is 11.3. The van der Waals surface area contributed by atoms with Crippen LogP contribution in [0.2, 0.25) is 0 Å². The van der Waals surface area contributed by atoms with E-state index < -0.39 is 6.10 Å². The van der Waals surface area contributed by atoms with Crippen LogP contribution >= 0.6 is 0 Å². The fourth-order valence-corrected chi connectivity index (χ4v) is 1.79. The van der Waals surface area contributed by atoms with E-state index in [2.05, 4.69) is 15.5 Å². The van der Waals surface area contributed by atoms with E-state index in [1.807, 2.05) is 37.3 Å². The van der Waals surface area contributed by atoms with E-state index in [0.717, 1.165) is 11.3 Å². The number of hydrogen-bond acceptors (Lipinski definition) is 3. The molecule has 0 radical (unpaired) electrons. The van der Waals surface area contributed by atoms with Gasteiger partial charge in [-0.15, -0.1) is 0 Å². The van der Waals surface area contributed by atoms with Crippen LogP contribution in [0.1, 0.15) is 21.7 Å². The fraction of sp³-hybridized carbons (Fsp3) is 0.286. The number of nitrogens with zero attached hydrogens (tertiary/aromatic N) is 1. The Kier molecular flexibility index (Phi) is 4.30.